The monoisotopic (exact) mass is 404 g/mol. The second kappa shape index (κ2) is 6.89. The number of nitrogens with one attached hydrogen (secondary N) is 3. The summed E-state index contributed by atoms with van der Waals surface area (Å²) in [6.07, 6.45) is 1.62. The SMILES string of the molecule is O=C(CN1C(=O)Cc2ccccc2C1=O)NNC(=O)c1cc(Br)c[nH]1. The van der Waals surface area contributed by atoms with E-state index in [0.717, 1.165) is 4.90 Å². The van der Waals surface area contributed by atoms with Crippen LogP contribution in [-0.4, -0.2) is 40.1 Å². The van der Waals surface area contributed by atoms with Crippen LogP contribution >= 0.6 is 15.9 Å². The van der Waals surface area contributed by atoms with E-state index in [1.807, 2.05) is 0 Å². The first kappa shape index (κ1) is 16.9. The van der Waals surface area contributed by atoms with Crippen LogP contribution in [0.2, 0.25) is 0 Å². The van der Waals surface area contributed by atoms with Gasteiger partial charge in [-0.1, -0.05) is 18.2 Å². The second-order valence-corrected chi connectivity index (χ2v) is 6.27. The maximum absolute atomic E-state index is 12.4. The number of amides is 4. The largest absolute Gasteiger partial charge is 0.356 e. The average molecular weight is 405 g/mol. The molecule has 2 heterocycles. The van der Waals surface area contributed by atoms with Crippen molar-refractivity contribution < 1.29 is 19.2 Å². The lowest BCUT2D eigenvalue weighted by atomic mass is 9.98. The third-order valence-electron chi connectivity index (χ3n) is 3.65. The number of benzene rings is 1. The standard InChI is InChI=1S/C16H13BrN4O4/c17-10-6-12(18-7-10)15(24)20-19-13(22)8-21-14(23)5-9-3-1-2-4-11(9)16(21)25/h1-4,6-7,18H,5,8H2,(H,19,22)(H,20,24). The van der Waals surface area contributed by atoms with E-state index >= 15 is 0 Å². The Bertz CT molecular complexity index is 877. The molecule has 1 aromatic heterocycles. The normalized spacial score (nSPS) is 13.4. The minimum absolute atomic E-state index is 0.0536. The van der Waals surface area contributed by atoms with Crippen LogP contribution in [-0.2, 0) is 16.0 Å². The molecule has 0 bridgehead atoms. The fraction of sp³-hybridized carbons (Fsp3) is 0.125. The number of rotatable bonds is 3. The summed E-state index contributed by atoms with van der Waals surface area (Å²) in [7, 11) is 0. The van der Waals surface area contributed by atoms with Crippen molar-refractivity contribution in [1.29, 1.82) is 0 Å². The molecule has 9 heteroatoms. The van der Waals surface area contributed by atoms with Crippen LogP contribution < -0.4 is 10.9 Å². The van der Waals surface area contributed by atoms with Gasteiger partial charge in [0, 0.05) is 16.2 Å². The smallest absolute Gasteiger partial charge is 0.286 e. The van der Waals surface area contributed by atoms with Gasteiger partial charge >= 0.3 is 0 Å². The number of H-pyrrole nitrogens is 1. The van der Waals surface area contributed by atoms with Crippen LogP contribution in [0.1, 0.15) is 26.4 Å². The molecule has 0 saturated carbocycles. The zero-order valence-electron chi connectivity index (χ0n) is 12.8. The van der Waals surface area contributed by atoms with E-state index in [4.69, 9.17) is 0 Å². The number of hydrogen-bond acceptors (Lipinski definition) is 4. The zero-order valence-corrected chi connectivity index (χ0v) is 14.4. The van der Waals surface area contributed by atoms with Crippen molar-refractivity contribution in [3.63, 3.8) is 0 Å². The highest BCUT2D eigenvalue weighted by atomic mass is 79.9. The number of aromatic amines is 1. The molecule has 8 nitrogen and oxygen atoms in total. The van der Waals surface area contributed by atoms with E-state index in [-0.39, 0.29) is 12.1 Å². The van der Waals surface area contributed by atoms with Gasteiger partial charge in [-0.3, -0.25) is 34.9 Å². The summed E-state index contributed by atoms with van der Waals surface area (Å²) in [5, 5.41) is 0. The predicted molar refractivity (Wildman–Crippen MR) is 90.3 cm³/mol. The van der Waals surface area contributed by atoms with Gasteiger partial charge in [0.15, 0.2) is 0 Å². The third kappa shape index (κ3) is 3.61. The Morgan fingerprint density at radius 2 is 1.96 bits per heavy atom. The van der Waals surface area contributed by atoms with Crippen LogP contribution in [0.3, 0.4) is 0 Å². The number of fused-ring (bicyclic) bond motifs is 1. The molecule has 0 atom stereocenters. The summed E-state index contributed by atoms with van der Waals surface area (Å²) in [6, 6.07) is 8.29. The van der Waals surface area contributed by atoms with Crippen molar-refractivity contribution in [2.75, 3.05) is 6.54 Å². The first-order chi connectivity index (χ1) is 12.0. The van der Waals surface area contributed by atoms with Crippen LogP contribution in [0.4, 0.5) is 0 Å². The van der Waals surface area contributed by atoms with E-state index in [1.165, 1.54) is 6.07 Å². The van der Waals surface area contributed by atoms with E-state index in [1.54, 1.807) is 30.5 Å². The summed E-state index contributed by atoms with van der Waals surface area (Å²) < 4.78 is 0.687. The molecule has 0 saturated heterocycles. The molecule has 25 heavy (non-hydrogen) atoms. The number of hydrazine groups is 1. The first-order valence-corrected chi connectivity index (χ1v) is 8.10. The van der Waals surface area contributed by atoms with Gasteiger partial charge in [-0.2, -0.15) is 0 Å². The highest BCUT2D eigenvalue weighted by Crippen LogP contribution is 2.19. The van der Waals surface area contributed by atoms with Gasteiger partial charge in [-0.25, -0.2) is 0 Å². The number of nitrogens with zero attached hydrogens (tertiary/aromatic N) is 1. The van der Waals surface area contributed by atoms with Gasteiger partial charge in [-0.05, 0) is 33.6 Å². The predicted octanol–water partition coefficient (Wildman–Crippen LogP) is 0.763. The van der Waals surface area contributed by atoms with Crippen molar-refractivity contribution in [2.45, 2.75) is 6.42 Å². The summed E-state index contributed by atoms with van der Waals surface area (Å²) in [5.74, 6) is -2.22. The Kier molecular flexibility index (Phi) is 4.66. The summed E-state index contributed by atoms with van der Waals surface area (Å²) in [5.41, 5.74) is 5.67. The highest BCUT2D eigenvalue weighted by Gasteiger charge is 2.31. The van der Waals surface area contributed by atoms with Crippen LogP contribution in [0.5, 0.6) is 0 Å². The number of hydrogen-bond donors (Lipinski definition) is 3. The fourth-order valence-electron chi connectivity index (χ4n) is 2.44. The van der Waals surface area contributed by atoms with Crippen molar-refractivity contribution in [2.24, 2.45) is 0 Å². The zero-order chi connectivity index (χ0) is 18.0. The van der Waals surface area contributed by atoms with E-state index in [9.17, 15) is 19.2 Å². The van der Waals surface area contributed by atoms with Crippen molar-refractivity contribution >= 4 is 39.6 Å². The number of aromatic nitrogens is 1. The van der Waals surface area contributed by atoms with Crippen LogP contribution in [0.15, 0.2) is 41.0 Å². The number of halogens is 1. The van der Waals surface area contributed by atoms with Gasteiger partial charge in [0.2, 0.25) is 5.91 Å². The molecule has 1 aromatic carbocycles. The highest BCUT2D eigenvalue weighted by molar-refractivity contribution is 9.10. The van der Waals surface area contributed by atoms with E-state index in [2.05, 4.69) is 31.8 Å². The van der Waals surface area contributed by atoms with Crippen LogP contribution in [0.25, 0.3) is 0 Å². The molecule has 1 aliphatic heterocycles. The summed E-state index contributed by atoms with van der Waals surface area (Å²) in [4.78, 5) is 51.8. The first-order valence-electron chi connectivity index (χ1n) is 7.31. The third-order valence-corrected chi connectivity index (χ3v) is 4.10. The topological polar surface area (TPSA) is 111 Å². The molecule has 2 aromatic rings. The Hall–Kier alpha value is -2.94. The van der Waals surface area contributed by atoms with Crippen molar-refractivity contribution in [3.8, 4) is 0 Å². The molecule has 0 spiro atoms. The maximum atomic E-state index is 12.4. The lowest BCUT2D eigenvalue weighted by Gasteiger charge is -2.26. The Morgan fingerprint density at radius 1 is 1.20 bits per heavy atom. The molecule has 0 unspecified atom stereocenters. The van der Waals surface area contributed by atoms with E-state index in [0.29, 0.717) is 15.6 Å². The van der Waals surface area contributed by atoms with Gasteiger partial charge in [0.25, 0.3) is 17.7 Å². The Labute approximate surface area is 150 Å². The molecule has 0 aliphatic carbocycles. The fourth-order valence-corrected chi connectivity index (χ4v) is 2.78. The lowest BCUT2D eigenvalue weighted by molar-refractivity contribution is -0.133. The molecular weight excluding hydrogens is 392 g/mol. The molecule has 4 amide bonds. The molecule has 3 N–H and O–H groups in total. The number of carbonyl (C=O) groups excluding carboxylic acids is 4. The van der Waals surface area contributed by atoms with E-state index < -0.39 is 30.2 Å². The number of carbonyl (C=O) groups is 4. The molecule has 0 radical (unpaired) electrons. The summed E-state index contributed by atoms with van der Waals surface area (Å²) >= 11 is 3.19. The average Bonchev–Trinajstić information content (AvgIpc) is 3.03. The lowest BCUT2D eigenvalue weighted by Crippen LogP contribution is -2.51. The van der Waals surface area contributed by atoms with Crippen LogP contribution in [0, 0.1) is 0 Å². The van der Waals surface area contributed by atoms with Gasteiger partial charge < -0.3 is 4.98 Å². The number of imide groups is 1. The molecule has 0 fully saturated rings. The molecule has 1 aliphatic rings. The van der Waals surface area contributed by atoms with Gasteiger partial charge in [-0.15, -0.1) is 0 Å². The maximum Gasteiger partial charge on any atom is 0.286 e. The minimum Gasteiger partial charge on any atom is -0.356 e. The second-order valence-electron chi connectivity index (χ2n) is 5.35. The van der Waals surface area contributed by atoms with Crippen molar-refractivity contribution in [1.82, 2.24) is 20.7 Å². The molecule has 3 rings (SSSR count). The summed E-state index contributed by atoms with van der Waals surface area (Å²) in [6.45, 7) is -0.472. The van der Waals surface area contributed by atoms with Gasteiger partial charge in [0.1, 0.15) is 12.2 Å². The molecular formula is C16H13BrN4O4. The Morgan fingerprint density at radius 3 is 2.68 bits per heavy atom. The molecule has 128 valence electrons. The van der Waals surface area contributed by atoms with Gasteiger partial charge in [0.05, 0.1) is 6.42 Å². The van der Waals surface area contributed by atoms with Crippen molar-refractivity contribution in [3.05, 3.63) is 57.8 Å². The quantitative estimate of drug-likeness (QED) is 0.517. The minimum atomic E-state index is -0.681. The Balaban J connectivity index is 1.60.